The molecular formula is C18H24N2O5. The molecule has 1 aliphatic carbocycles. The van der Waals surface area contributed by atoms with Crippen molar-refractivity contribution in [1.29, 1.82) is 0 Å². The SMILES string of the molecule is CCOC(=O)c1cc(NC2CCOC3(CCCC3)C2)ccc1[N+](=O)[O-]. The molecule has 7 nitrogen and oxygen atoms in total. The maximum atomic E-state index is 12.0. The highest BCUT2D eigenvalue weighted by molar-refractivity contribution is 5.95. The molecule has 0 aromatic heterocycles. The lowest BCUT2D eigenvalue weighted by Crippen LogP contribution is -2.42. The molecule has 0 amide bonds. The number of carbonyl (C=O) groups excluding carboxylic acids is 1. The van der Waals surface area contributed by atoms with Crippen LogP contribution in [0.25, 0.3) is 0 Å². The van der Waals surface area contributed by atoms with Crippen LogP contribution in [0.1, 0.15) is 55.8 Å². The average Bonchev–Trinajstić information content (AvgIpc) is 3.02. The Bertz CT molecular complexity index is 655. The fourth-order valence-electron chi connectivity index (χ4n) is 3.91. The summed E-state index contributed by atoms with van der Waals surface area (Å²) in [5.74, 6) is -0.669. The monoisotopic (exact) mass is 348 g/mol. The number of ether oxygens (including phenoxy) is 2. The highest BCUT2D eigenvalue weighted by atomic mass is 16.6. The third-order valence-corrected chi connectivity index (χ3v) is 5.07. The summed E-state index contributed by atoms with van der Waals surface area (Å²) in [5.41, 5.74) is 0.442. The van der Waals surface area contributed by atoms with E-state index in [0.717, 1.165) is 32.3 Å². The largest absolute Gasteiger partial charge is 0.462 e. The molecule has 1 aliphatic heterocycles. The first-order valence-electron chi connectivity index (χ1n) is 8.89. The zero-order valence-corrected chi connectivity index (χ0v) is 14.5. The van der Waals surface area contributed by atoms with Crippen LogP contribution in [0.15, 0.2) is 18.2 Å². The van der Waals surface area contributed by atoms with E-state index in [0.29, 0.717) is 5.69 Å². The molecule has 2 aliphatic rings. The number of esters is 1. The Balaban J connectivity index is 1.77. The normalized spacial score (nSPS) is 21.9. The minimum absolute atomic E-state index is 0.0132. The molecule has 1 unspecified atom stereocenters. The number of nitro groups is 1. The molecule has 1 atom stereocenters. The number of anilines is 1. The van der Waals surface area contributed by atoms with Crippen molar-refractivity contribution in [3.63, 3.8) is 0 Å². The Hall–Kier alpha value is -2.15. The molecule has 1 aromatic carbocycles. The van der Waals surface area contributed by atoms with Crippen LogP contribution >= 0.6 is 0 Å². The Morgan fingerprint density at radius 3 is 2.88 bits per heavy atom. The van der Waals surface area contributed by atoms with Gasteiger partial charge in [-0.15, -0.1) is 0 Å². The van der Waals surface area contributed by atoms with Crippen LogP contribution < -0.4 is 5.32 Å². The van der Waals surface area contributed by atoms with E-state index in [9.17, 15) is 14.9 Å². The topological polar surface area (TPSA) is 90.7 Å². The molecule has 1 N–H and O–H groups in total. The van der Waals surface area contributed by atoms with Crippen LogP contribution in [-0.4, -0.2) is 35.7 Å². The van der Waals surface area contributed by atoms with E-state index < -0.39 is 10.9 Å². The zero-order valence-electron chi connectivity index (χ0n) is 14.5. The van der Waals surface area contributed by atoms with Crippen LogP contribution in [0, 0.1) is 10.1 Å². The Morgan fingerprint density at radius 1 is 1.44 bits per heavy atom. The van der Waals surface area contributed by atoms with Crippen molar-refractivity contribution in [2.24, 2.45) is 0 Å². The molecule has 136 valence electrons. The first-order chi connectivity index (χ1) is 12.0. The number of nitrogens with one attached hydrogen (secondary N) is 1. The van der Waals surface area contributed by atoms with Crippen LogP contribution in [0.5, 0.6) is 0 Å². The van der Waals surface area contributed by atoms with Gasteiger partial charge in [-0.25, -0.2) is 4.79 Å². The molecule has 0 radical (unpaired) electrons. The maximum Gasteiger partial charge on any atom is 0.345 e. The number of carbonyl (C=O) groups is 1. The van der Waals surface area contributed by atoms with Gasteiger partial charge >= 0.3 is 5.97 Å². The molecule has 7 heteroatoms. The van der Waals surface area contributed by atoms with Crippen LogP contribution in [0.4, 0.5) is 11.4 Å². The van der Waals surface area contributed by atoms with Gasteiger partial charge in [-0.3, -0.25) is 10.1 Å². The van der Waals surface area contributed by atoms with Gasteiger partial charge in [0, 0.05) is 24.4 Å². The number of benzene rings is 1. The lowest BCUT2D eigenvalue weighted by atomic mass is 9.89. The van der Waals surface area contributed by atoms with Crippen molar-refractivity contribution in [2.45, 2.75) is 57.1 Å². The minimum atomic E-state index is -0.669. The predicted molar refractivity (Wildman–Crippen MR) is 92.8 cm³/mol. The summed E-state index contributed by atoms with van der Waals surface area (Å²) in [7, 11) is 0. The molecular weight excluding hydrogens is 324 g/mol. The van der Waals surface area contributed by atoms with Gasteiger partial charge in [-0.05, 0) is 44.7 Å². The maximum absolute atomic E-state index is 12.0. The molecule has 0 bridgehead atoms. The van der Waals surface area contributed by atoms with Crippen LogP contribution in [0.2, 0.25) is 0 Å². The van der Waals surface area contributed by atoms with E-state index in [2.05, 4.69) is 5.32 Å². The quantitative estimate of drug-likeness (QED) is 0.496. The van der Waals surface area contributed by atoms with Crippen molar-refractivity contribution in [3.8, 4) is 0 Å². The zero-order chi connectivity index (χ0) is 17.9. The van der Waals surface area contributed by atoms with E-state index in [1.54, 1.807) is 13.0 Å². The standard InChI is InChI=1S/C18H24N2O5/c1-2-24-17(21)15-11-13(5-6-16(15)20(22)23)19-14-7-10-25-18(12-14)8-3-4-9-18/h5-6,11,14,19H,2-4,7-10,12H2,1H3. The molecule has 3 rings (SSSR count). The van der Waals surface area contributed by atoms with Gasteiger partial charge in [-0.2, -0.15) is 0 Å². The van der Waals surface area contributed by atoms with E-state index >= 15 is 0 Å². The first kappa shape index (κ1) is 17.7. The van der Waals surface area contributed by atoms with Gasteiger partial charge in [0.15, 0.2) is 0 Å². The van der Waals surface area contributed by atoms with Gasteiger partial charge < -0.3 is 14.8 Å². The first-order valence-corrected chi connectivity index (χ1v) is 8.89. The van der Waals surface area contributed by atoms with E-state index in [-0.39, 0.29) is 29.5 Å². The second-order valence-electron chi connectivity index (χ2n) is 6.78. The highest BCUT2D eigenvalue weighted by Crippen LogP contribution is 2.40. The second-order valence-corrected chi connectivity index (χ2v) is 6.78. The van der Waals surface area contributed by atoms with Crippen LogP contribution in [-0.2, 0) is 9.47 Å². The summed E-state index contributed by atoms with van der Waals surface area (Å²) in [4.78, 5) is 22.6. The summed E-state index contributed by atoms with van der Waals surface area (Å²) in [6.45, 7) is 2.57. The smallest absolute Gasteiger partial charge is 0.345 e. The second kappa shape index (κ2) is 7.39. The molecule has 1 heterocycles. The number of nitro benzene ring substituents is 1. The fraction of sp³-hybridized carbons (Fsp3) is 0.611. The van der Waals surface area contributed by atoms with Crippen molar-refractivity contribution >= 4 is 17.3 Å². The van der Waals surface area contributed by atoms with Gasteiger partial charge in [0.25, 0.3) is 5.69 Å². The third kappa shape index (κ3) is 3.92. The number of hydrogen-bond donors (Lipinski definition) is 1. The molecule has 1 saturated heterocycles. The van der Waals surface area contributed by atoms with Crippen molar-refractivity contribution < 1.29 is 19.2 Å². The fourth-order valence-corrected chi connectivity index (χ4v) is 3.91. The van der Waals surface area contributed by atoms with Gasteiger partial charge in [0.1, 0.15) is 5.56 Å². The Labute approximate surface area is 146 Å². The average molecular weight is 348 g/mol. The van der Waals surface area contributed by atoms with Crippen molar-refractivity contribution in [1.82, 2.24) is 0 Å². The summed E-state index contributed by atoms with van der Waals surface area (Å²) in [6.07, 6.45) is 6.42. The number of rotatable bonds is 5. The summed E-state index contributed by atoms with van der Waals surface area (Å²) in [6, 6.07) is 4.77. The third-order valence-electron chi connectivity index (χ3n) is 5.07. The summed E-state index contributed by atoms with van der Waals surface area (Å²) < 4.78 is 11.0. The number of hydrogen-bond acceptors (Lipinski definition) is 6. The van der Waals surface area contributed by atoms with E-state index in [4.69, 9.17) is 9.47 Å². The molecule has 2 fully saturated rings. The molecule has 1 aromatic rings. The minimum Gasteiger partial charge on any atom is -0.462 e. The Morgan fingerprint density at radius 2 is 2.20 bits per heavy atom. The predicted octanol–water partition coefficient (Wildman–Crippen LogP) is 3.68. The van der Waals surface area contributed by atoms with Gasteiger partial charge in [-0.1, -0.05) is 12.8 Å². The lowest BCUT2D eigenvalue weighted by molar-refractivity contribution is -0.385. The highest BCUT2D eigenvalue weighted by Gasteiger charge is 2.40. The van der Waals surface area contributed by atoms with Crippen molar-refractivity contribution in [2.75, 3.05) is 18.5 Å². The van der Waals surface area contributed by atoms with Gasteiger partial charge in [0.05, 0.1) is 17.1 Å². The number of nitrogens with zero attached hydrogens (tertiary/aromatic N) is 1. The molecule has 1 spiro atoms. The van der Waals surface area contributed by atoms with E-state index in [1.165, 1.54) is 25.0 Å². The Kier molecular flexibility index (Phi) is 5.22. The van der Waals surface area contributed by atoms with Crippen molar-refractivity contribution in [3.05, 3.63) is 33.9 Å². The summed E-state index contributed by atoms with van der Waals surface area (Å²) in [5, 5.41) is 14.6. The van der Waals surface area contributed by atoms with Gasteiger partial charge in [0.2, 0.25) is 0 Å². The lowest BCUT2D eigenvalue weighted by Gasteiger charge is -2.39. The summed E-state index contributed by atoms with van der Waals surface area (Å²) >= 11 is 0. The van der Waals surface area contributed by atoms with Crippen LogP contribution in [0.3, 0.4) is 0 Å². The molecule has 25 heavy (non-hydrogen) atoms. The molecule has 1 saturated carbocycles. The van der Waals surface area contributed by atoms with E-state index in [1.807, 2.05) is 0 Å².